The molecule has 2 heterocycles. The van der Waals surface area contributed by atoms with E-state index >= 15 is 0 Å². The highest BCUT2D eigenvalue weighted by atomic mass is 32.1. The van der Waals surface area contributed by atoms with E-state index < -0.39 is 5.97 Å². The molecule has 1 aromatic carbocycles. The molecule has 0 saturated carbocycles. The van der Waals surface area contributed by atoms with E-state index in [1.807, 2.05) is 24.3 Å². The van der Waals surface area contributed by atoms with Gasteiger partial charge in [-0.15, -0.1) is 0 Å². The van der Waals surface area contributed by atoms with Gasteiger partial charge in [0.2, 0.25) is 0 Å². The number of thiophene rings is 1. The Bertz CT molecular complexity index is 806. The van der Waals surface area contributed by atoms with Crippen molar-refractivity contribution < 1.29 is 23.9 Å². The van der Waals surface area contributed by atoms with Crippen LogP contribution in [0.5, 0.6) is 5.75 Å². The summed E-state index contributed by atoms with van der Waals surface area (Å²) in [6.07, 6.45) is 0.661. The third-order valence-electron chi connectivity index (χ3n) is 4.06. The van der Waals surface area contributed by atoms with Gasteiger partial charge in [-0.05, 0) is 17.5 Å². The van der Waals surface area contributed by atoms with Crippen molar-refractivity contribution in [3.63, 3.8) is 0 Å². The highest BCUT2D eigenvalue weighted by molar-refractivity contribution is 7.08. The monoisotopic (exact) mass is 388 g/mol. The number of hydrogen-bond acceptors (Lipinski definition) is 6. The van der Waals surface area contributed by atoms with Gasteiger partial charge in [-0.2, -0.15) is 11.3 Å². The predicted molar refractivity (Wildman–Crippen MR) is 99.7 cm³/mol. The smallest absolute Gasteiger partial charge is 0.308 e. The van der Waals surface area contributed by atoms with Gasteiger partial charge in [0.15, 0.2) is 6.61 Å². The molecule has 2 N–H and O–H groups in total. The van der Waals surface area contributed by atoms with Crippen molar-refractivity contribution in [2.75, 3.05) is 19.8 Å². The molecule has 1 aliphatic heterocycles. The van der Waals surface area contributed by atoms with Crippen LogP contribution in [0.2, 0.25) is 0 Å². The highest BCUT2D eigenvalue weighted by Crippen LogP contribution is 2.31. The van der Waals surface area contributed by atoms with Crippen LogP contribution in [0.15, 0.2) is 41.1 Å². The van der Waals surface area contributed by atoms with Crippen molar-refractivity contribution in [1.82, 2.24) is 10.6 Å². The molecule has 142 valence electrons. The standard InChI is InChI=1S/C19H20N2O5S/c22-17(21-15-6-9-25-16-4-2-1-3-14(15)16)11-26-18(23)5-8-20-19(24)13-7-10-27-12-13/h1-4,7,10,12,15H,5-6,8-9,11H2,(H,20,24)(H,21,22). The zero-order valence-corrected chi connectivity index (χ0v) is 15.4. The molecule has 0 radical (unpaired) electrons. The Morgan fingerprint density at radius 1 is 1.22 bits per heavy atom. The number of esters is 1. The second kappa shape index (κ2) is 9.18. The van der Waals surface area contributed by atoms with Gasteiger partial charge in [0.1, 0.15) is 5.75 Å². The maximum atomic E-state index is 12.1. The molecule has 0 aliphatic carbocycles. The molecule has 0 spiro atoms. The average Bonchev–Trinajstić information content (AvgIpc) is 3.21. The van der Waals surface area contributed by atoms with Crippen molar-refractivity contribution in [1.29, 1.82) is 0 Å². The zero-order valence-electron chi connectivity index (χ0n) is 14.6. The summed E-state index contributed by atoms with van der Waals surface area (Å²) in [5.74, 6) is -0.386. The van der Waals surface area contributed by atoms with Gasteiger partial charge < -0.3 is 20.1 Å². The van der Waals surface area contributed by atoms with E-state index in [2.05, 4.69) is 10.6 Å². The normalized spacial score (nSPS) is 15.2. The predicted octanol–water partition coefficient (Wildman–Crippen LogP) is 2.05. The minimum absolute atomic E-state index is 0.00323. The summed E-state index contributed by atoms with van der Waals surface area (Å²) in [6, 6.07) is 9.07. The quantitative estimate of drug-likeness (QED) is 0.708. The lowest BCUT2D eigenvalue weighted by atomic mass is 10.0. The molecule has 1 aromatic heterocycles. The summed E-state index contributed by atoms with van der Waals surface area (Å²) in [5, 5.41) is 9.02. The number of fused-ring (bicyclic) bond motifs is 1. The molecule has 7 nitrogen and oxygen atoms in total. The van der Waals surface area contributed by atoms with Gasteiger partial charge in [0.25, 0.3) is 11.8 Å². The molecule has 0 fully saturated rings. The van der Waals surface area contributed by atoms with E-state index in [1.54, 1.807) is 16.8 Å². The topological polar surface area (TPSA) is 93.7 Å². The number of carbonyl (C=O) groups excluding carboxylic acids is 3. The van der Waals surface area contributed by atoms with Gasteiger partial charge in [0, 0.05) is 29.5 Å². The van der Waals surface area contributed by atoms with E-state index in [0.29, 0.717) is 18.6 Å². The van der Waals surface area contributed by atoms with Crippen LogP contribution in [0.3, 0.4) is 0 Å². The fourth-order valence-electron chi connectivity index (χ4n) is 2.72. The summed E-state index contributed by atoms with van der Waals surface area (Å²) in [4.78, 5) is 35.5. The fourth-order valence-corrected chi connectivity index (χ4v) is 3.36. The highest BCUT2D eigenvalue weighted by Gasteiger charge is 2.22. The number of benzene rings is 1. The first-order chi connectivity index (χ1) is 13.1. The van der Waals surface area contributed by atoms with Crippen molar-refractivity contribution in [3.05, 3.63) is 52.2 Å². The third-order valence-corrected chi connectivity index (χ3v) is 4.74. The largest absolute Gasteiger partial charge is 0.493 e. The van der Waals surface area contributed by atoms with Crippen LogP contribution in [0.4, 0.5) is 0 Å². The summed E-state index contributed by atoms with van der Waals surface area (Å²) in [6.45, 7) is 0.324. The van der Waals surface area contributed by atoms with Crippen LogP contribution in [-0.4, -0.2) is 37.5 Å². The van der Waals surface area contributed by atoms with Gasteiger partial charge in [-0.3, -0.25) is 14.4 Å². The van der Waals surface area contributed by atoms with E-state index in [-0.39, 0.29) is 37.4 Å². The summed E-state index contributed by atoms with van der Waals surface area (Å²) in [7, 11) is 0. The molecule has 1 unspecified atom stereocenters. The lowest BCUT2D eigenvalue weighted by molar-refractivity contribution is -0.148. The van der Waals surface area contributed by atoms with Crippen molar-refractivity contribution in [3.8, 4) is 5.75 Å². The van der Waals surface area contributed by atoms with Gasteiger partial charge in [-0.1, -0.05) is 18.2 Å². The summed E-state index contributed by atoms with van der Waals surface area (Å²) >= 11 is 1.42. The molecular weight excluding hydrogens is 368 g/mol. The molecular formula is C19H20N2O5S. The average molecular weight is 388 g/mol. The van der Waals surface area contributed by atoms with Crippen LogP contribution in [-0.2, 0) is 14.3 Å². The van der Waals surface area contributed by atoms with Gasteiger partial charge in [-0.25, -0.2) is 0 Å². The number of nitrogens with one attached hydrogen (secondary N) is 2. The molecule has 2 aromatic rings. The minimum atomic E-state index is -0.539. The Balaban J connectivity index is 1.37. The third kappa shape index (κ3) is 5.30. The zero-order chi connectivity index (χ0) is 19.1. The first kappa shape index (κ1) is 18.9. The van der Waals surface area contributed by atoms with Crippen molar-refractivity contribution >= 4 is 29.1 Å². The van der Waals surface area contributed by atoms with Gasteiger partial charge in [0.05, 0.1) is 19.1 Å². The Morgan fingerprint density at radius 3 is 2.89 bits per heavy atom. The van der Waals surface area contributed by atoms with Gasteiger partial charge >= 0.3 is 5.97 Å². The van der Waals surface area contributed by atoms with Crippen LogP contribution >= 0.6 is 11.3 Å². The maximum absolute atomic E-state index is 12.1. The van der Waals surface area contributed by atoms with Crippen LogP contribution < -0.4 is 15.4 Å². The minimum Gasteiger partial charge on any atom is -0.493 e. The Kier molecular flexibility index (Phi) is 6.43. The first-order valence-electron chi connectivity index (χ1n) is 8.60. The summed E-state index contributed by atoms with van der Waals surface area (Å²) < 4.78 is 10.5. The van der Waals surface area contributed by atoms with E-state index in [1.165, 1.54) is 11.3 Å². The number of hydrogen-bond donors (Lipinski definition) is 2. The summed E-state index contributed by atoms with van der Waals surface area (Å²) in [5.41, 5.74) is 1.48. The molecule has 0 bridgehead atoms. The number of para-hydroxylation sites is 1. The first-order valence-corrected chi connectivity index (χ1v) is 9.55. The molecule has 2 amide bonds. The lowest BCUT2D eigenvalue weighted by Crippen LogP contribution is -2.35. The number of amides is 2. The van der Waals surface area contributed by atoms with E-state index in [4.69, 9.17) is 9.47 Å². The molecule has 1 atom stereocenters. The van der Waals surface area contributed by atoms with E-state index in [0.717, 1.165) is 11.3 Å². The molecule has 3 rings (SSSR count). The second-order valence-electron chi connectivity index (χ2n) is 5.97. The number of carbonyl (C=O) groups is 3. The Morgan fingerprint density at radius 2 is 2.07 bits per heavy atom. The van der Waals surface area contributed by atoms with Crippen LogP contribution in [0.1, 0.15) is 34.8 Å². The SMILES string of the molecule is O=C(COC(=O)CCNC(=O)c1ccsc1)NC1CCOc2ccccc21. The van der Waals surface area contributed by atoms with Crippen molar-refractivity contribution in [2.45, 2.75) is 18.9 Å². The Labute approximate surface area is 160 Å². The number of rotatable bonds is 7. The lowest BCUT2D eigenvalue weighted by Gasteiger charge is -2.26. The molecule has 8 heteroatoms. The molecule has 27 heavy (non-hydrogen) atoms. The molecule has 1 aliphatic rings. The number of ether oxygens (including phenoxy) is 2. The van der Waals surface area contributed by atoms with Crippen LogP contribution in [0.25, 0.3) is 0 Å². The maximum Gasteiger partial charge on any atom is 0.308 e. The Hall–Kier alpha value is -2.87. The van der Waals surface area contributed by atoms with Crippen molar-refractivity contribution in [2.24, 2.45) is 0 Å². The van der Waals surface area contributed by atoms with Crippen LogP contribution in [0, 0.1) is 0 Å². The molecule has 0 saturated heterocycles. The fraction of sp³-hybridized carbons (Fsp3) is 0.316. The van der Waals surface area contributed by atoms with E-state index in [9.17, 15) is 14.4 Å². The second-order valence-corrected chi connectivity index (χ2v) is 6.75.